The molecule has 0 unspecified atom stereocenters. The Morgan fingerprint density at radius 3 is 2.68 bits per heavy atom. The van der Waals surface area contributed by atoms with E-state index >= 15 is 0 Å². The van der Waals surface area contributed by atoms with E-state index in [2.05, 4.69) is 0 Å². The molecule has 1 fully saturated rings. The van der Waals surface area contributed by atoms with Crippen LogP contribution in [-0.4, -0.2) is 40.9 Å². The van der Waals surface area contributed by atoms with Crippen LogP contribution in [0.5, 0.6) is 0 Å². The number of nitrogens with zero attached hydrogens (tertiary/aromatic N) is 1. The van der Waals surface area contributed by atoms with E-state index in [1.165, 1.54) is 0 Å². The summed E-state index contributed by atoms with van der Waals surface area (Å²) in [5.41, 5.74) is 0.747. The second kappa shape index (κ2) is 5.84. The lowest BCUT2D eigenvalue weighted by Gasteiger charge is -2.14. The molecule has 2 heterocycles. The maximum absolute atomic E-state index is 12.0. The third-order valence-electron chi connectivity index (χ3n) is 3.42. The highest BCUT2D eigenvalue weighted by molar-refractivity contribution is 7.12. The van der Waals surface area contributed by atoms with E-state index in [0.29, 0.717) is 19.5 Å². The summed E-state index contributed by atoms with van der Waals surface area (Å²) in [6, 6.07) is 1.90. The van der Waals surface area contributed by atoms with Gasteiger partial charge in [0.2, 0.25) is 5.91 Å². The average Bonchev–Trinajstić information content (AvgIpc) is 2.92. The summed E-state index contributed by atoms with van der Waals surface area (Å²) in [5, 5.41) is 9.38. The Labute approximate surface area is 117 Å². The van der Waals surface area contributed by atoms with Crippen LogP contribution < -0.4 is 0 Å². The number of rotatable bonds is 4. The van der Waals surface area contributed by atoms with E-state index in [-0.39, 0.29) is 24.5 Å². The molecule has 1 aliphatic heterocycles. The van der Waals surface area contributed by atoms with Crippen LogP contribution in [0.2, 0.25) is 0 Å². The molecule has 0 saturated carbocycles. The fourth-order valence-corrected chi connectivity index (χ4v) is 3.33. The van der Waals surface area contributed by atoms with Crippen LogP contribution in [0.25, 0.3) is 0 Å². The van der Waals surface area contributed by atoms with Gasteiger partial charge in [-0.1, -0.05) is 0 Å². The monoisotopic (exact) mass is 281 g/mol. The Morgan fingerprint density at radius 2 is 2.16 bits per heavy atom. The van der Waals surface area contributed by atoms with Crippen molar-refractivity contribution in [2.75, 3.05) is 13.1 Å². The van der Waals surface area contributed by atoms with Gasteiger partial charge in [0.25, 0.3) is 0 Å². The maximum atomic E-state index is 12.0. The molecule has 4 nitrogen and oxygen atoms in total. The van der Waals surface area contributed by atoms with E-state index < -0.39 is 6.10 Å². The largest absolute Gasteiger partial charge is 0.391 e. The van der Waals surface area contributed by atoms with Crippen LogP contribution in [-0.2, 0) is 4.79 Å². The van der Waals surface area contributed by atoms with Gasteiger partial charge >= 0.3 is 0 Å². The number of thiophene rings is 1. The van der Waals surface area contributed by atoms with Crippen LogP contribution in [0.4, 0.5) is 0 Å². The summed E-state index contributed by atoms with van der Waals surface area (Å²) in [4.78, 5) is 27.7. The number of amides is 1. The number of carbonyl (C=O) groups is 2. The normalized spacial score (nSPS) is 18.9. The van der Waals surface area contributed by atoms with E-state index in [1.807, 2.05) is 19.9 Å². The van der Waals surface area contributed by atoms with Gasteiger partial charge in [-0.3, -0.25) is 9.59 Å². The first-order valence-electron chi connectivity index (χ1n) is 6.53. The van der Waals surface area contributed by atoms with Crippen LogP contribution in [0, 0.1) is 13.8 Å². The van der Waals surface area contributed by atoms with Gasteiger partial charge in [0.1, 0.15) is 0 Å². The van der Waals surface area contributed by atoms with E-state index in [1.54, 1.807) is 16.2 Å². The van der Waals surface area contributed by atoms with Crippen LogP contribution in [0.3, 0.4) is 0 Å². The molecule has 19 heavy (non-hydrogen) atoms. The molecule has 1 amide bonds. The minimum Gasteiger partial charge on any atom is -0.391 e. The third kappa shape index (κ3) is 3.42. The molecular weight excluding hydrogens is 262 g/mol. The molecule has 0 spiro atoms. The third-order valence-corrected chi connectivity index (χ3v) is 4.39. The lowest BCUT2D eigenvalue weighted by atomic mass is 10.1. The van der Waals surface area contributed by atoms with Gasteiger partial charge in [0.15, 0.2) is 5.78 Å². The smallest absolute Gasteiger partial charge is 0.223 e. The van der Waals surface area contributed by atoms with Crippen molar-refractivity contribution < 1.29 is 14.7 Å². The fraction of sp³-hybridized carbons (Fsp3) is 0.571. The molecule has 1 N–H and O–H groups in total. The Balaban J connectivity index is 1.87. The first-order valence-corrected chi connectivity index (χ1v) is 7.35. The maximum Gasteiger partial charge on any atom is 0.223 e. The highest BCUT2D eigenvalue weighted by Crippen LogP contribution is 2.22. The molecule has 1 aromatic heterocycles. The number of aryl methyl sites for hydroxylation is 2. The molecule has 1 aromatic rings. The number of Topliss-reactive ketones (excluding diaryl/α,β-unsaturated/α-hetero) is 1. The predicted octanol–water partition coefficient (Wildman–Crippen LogP) is 1.92. The molecule has 1 atom stereocenters. The molecule has 1 saturated heterocycles. The van der Waals surface area contributed by atoms with Crippen molar-refractivity contribution in [1.29, 1.82) is 0 Å². The molecule has 104 valence electrons. The standard InChI is InChI=1S/C14H19NO3S/c1-9-7-12(10(2)19-9)13(17)3-4-14(18)15-6-5-11(16)8-15/h7,11,16H,3-6,8H2,1-2H3/t11-/m1/s1. The predicted molar refractivity (Wildman–Crippen MR) is 74.6 cm³/mol. The van der Waals surface area contributed by atoms with Gasteiger partial charge in [0, 0.05) is 41.2 Å². The first-order chi connectivity index (χ1) is 8.97. The minimum absolute atomic E-state index is 0.0329. The zero-order valence-electron chi connectivity index (χ0n) is 11.3. The zero-order chi connectivity index (χ0) is 14.0. The first kappa shape index (κ1) is 14.2. The van der Waals surface area contributed by atoms with Crippen molar-refractivity contribution in [2.24, 2.45) is 0 Å². The lowest BCUT2D eigenvalue weighted by Crippen LogP contribution is -2.29. The molecule has 2 rings (SSSR count). The van der Waals surface area contributed by atoms with Gasteiger partial charge in [-0.25, -0.2) is 0 Å². The van der Waals surface area contributed by atoms with Crippen molar-refractivity contribution >= 4 is 23.0 Å². The highest BCUT2D eigenvalue weighted by Gasteiger charge is 2.24. The topological polar surface area (TPSA) is 57.6 Å². The number of hydrogen-bond donors (Lipinski definition) is 1. The molecule has 0 bridgehead atoms. The SMILES string of the molecule is Cc1cc(C(=O)CCC(=O)N2CC[C@@H](O)C2)c(C)s1. The zero-order valence-corrected chi connectivity index (χ0v) is 12.1. The number of ketones is 1. The minimum atomic E-state index is -0.401. The van der Waals surface area contributed by atoms with E-state index in [9.17, 15) is 14.7 Å². The second-order valence-electron chi connectivity index (χ2n) is 5.03. The van der Waals surface area contributed by atoms with Crippen molar-refractivity contribution in [3.63, 3.8) is 0 Å². The van der Waals surface area contributed by atoms with Crippen LogP contribution in [0.1, 0.15) is 39.4 Å². The summed E-state index contributed by atoms with van der Waals surface area (Å²) >= 11 is 1.61. The number of hydrogen-bond acceptors (Lipinski definition) is 4. The highest BCUT2D eigenvalue weighted by atomic mass is 32.1. The van der Waals surface area contributed by atoms with Crippen molar-refractivity contribution in [1.82, 2.24) is 4.90 Å². The van der Waals surface area contributed by atoms with Crippen LogP contribution in [0.15, 0.2) is 6.07 Å². The van der Waals surface area contributed by atoms with Gasteiger partial charge < -0.3 is 10.0 Å². The number of likely N-dealkylation sites (tertiary alicyclic amines) is 1. The molecule has 1 aliphatic rings. The quantitative estimate of drug-likeness (QED) is 0.858. The summed E-state index contributed by atoms with van der Waals surface area (Å²) < 4.78 is 0. The van der Waals surface area contributed by atoms with Crippen molar-refractivity contribution in [3.8, 4) is 0 Å². The van der Waals surface area contributed by atoms with Gasteiger partial charge in [-0.2, -0.15) is 0 Å². The number of aliphatic hydroxyl groups excluding tert-OH is 1. The summed E-state index contributed by atoms with van der Waals surface area (Å²) in [5.74, 6) is 0.00412. The summed E-state index contributed by atoms with van der Waals surface area (Å²) in [6.07, 6.45) is 0.728. The Kier molecular flexibility index (Phi) is 4.37. The fourth-order valence-electron chi connectivity index (χ4n) is 2.39. The van der Waals surface area contributed by atoms with Gasteiger partial charge in [0.05, 0.1) is 6.10 Å². The van der Waals surface area contributed by atoms with E-state index in [0.717, 1.165) is 15.3 Å². The molecule has 0 radical (unpaired) electrons. The number of carbonyl (C=O) groups excluding carboxylic acids is 2. The lowest BCUT2D eigenvalue weighted by molar-refractivity contribution is -0.130. The van der Waals surface area contributed by atoms with Crippen molar-refractivity contribution in [3.05, 3.63) is 21.4 Å². The van der Waals surface area contributed by atoms with Crippen LogP contribution >= 0.6 is 11.3 Å². The Bertz CT molecular complexity index is 495. The van der Waals surface area contributed by atoms with Gasteiger partial charge in [-0.05, 0) is 26.3 Å². The second-order valence-corrected chi connectivity index (χ2v) is 6.49. The molecular formula is C14H19NO3S. The Morgan fingerprint density at radius 1 is 1.42 bits per heavy atom. The Hall–Kier alpha value is -1.20. The molecule has 0 aliphatic carbocycles. The van der Waals surface area contributed by atoms with E-state index in [4.69, 9.17) is 0 Å². The van der Waals surface area contributed by atoms with Gasteiger partial charge in [-0.15, -0.1) is 11.3 Å². The summed E-state index contributed by atoms with van der Waals surface area (Å²) in [7, 11) is 0. The molecule has 5 heteroatoms. The number of β-amino-alcohol motifs (C(OH)–C–C–N with tert-alkyl or cyclic N) is 1. The number of aliphatic hydroxyl groups is 1. The average molecular weight is 281 g/mol. The molecule has 0 aromatic carbocycles. The van der Waals surface area contributed by atoms with Crippen molar-refractivity contribution in [2.45, 2.75) is 39.2 Å². The summed E-state index contributed by atoms with van der Waals surface area (Å²) in [6.45, 7) is 4.92.